The van der Waals surface area contributed by atoms with E-state index in [0.717, 1.165) is 62.8 Å². The lowest BCUT2D eigenvalue weighted by Gasteiger charge is -2.13. The van der Waals surface area contributed by atoms with Gasteiger partial charge < -0.3 is 0 Å². The number of thioether (sulfide) groups is 1. The molecule has 1 N–H and O–H groups in total. The minimum atomic E-state index is -0.270. The molecule has 0 saturated heterocycles. The molecular formula is C26H23BrN4O2S2. The molecule has 9 heteroatoms. The first-order valence-electron chi connectivity index (χ1n) is 11.3. The molecule has 0 radical (unpaired) electrons. The summed E-state index contributed by atoms with van der Waals surface area (Å²) in [6, 6.07) is 15.4. The van der Waals surface area contributed by atoms with E-state index in [1.165, 1.54) is 16.6 Å². The Hall–Kier alpha value is -2.75. The van der Waals surface area contributed by atoms with E-state index < -0.39 is 0 Å². The van der Waals surface area contributed by atoms with Crippen LogP contribution < -0.4 is 11.0 Å². The number of hydrogen-bond donors (Lipinski definition) is 1. The van der Waals surface area contributed by atoms with Crippen molar-refractivity contribution in [2.24, 2.45) is 5.10 Å². The molecule has 35 heavy (non-hydrogen) atoms. The topological polar surface area (TPSA) is 76.3 Å². The van der Waals surface area contributed by atoms with E-state index in [9.17, 15) is 9.59 Å². The van der Waals surface area contributed by atoms with Crippen LogP contribution in [0.1, 0.15) is 34.4 Å². The van der Waals surface area contributed by atoms with Crippen molar-refractivity contribution < 1.29 is 4.79 Å². The average Bonchev–Trinajstić information content (AvgIpc) is 3.23. The van der Waals surface area contributed by atoms with Crippen molar-refractivity contribution >= 4 is 61.4 Å². The summed E-state index contributed by atoms with van der Waals surface area (Å²) in [6.45, 7) is 2.01. The standard InChI is InChI=1S/C26H23BrN4O2S2/c1-16-10-12-18(13-11-16)31-25(33)23-19-7-3-5-9-21(19)35-24(23)29-26(31)34-15-22(32)30-28-14-17-6-2-4-8-20(17)27/h2,4,6,8,10-14H,3,5,7,9,15H2,1H3,(H,30,32)/b28-14+. The number of thiophene rings is 1. The van der Waals surface area contributed by atoms with Gasteiger partial charge in [0.2, 0.25) is 0 Å². The van der Waals surface area contributed by atoms with Gasteiger partial charge in [-0.05, 0) is 56.4 Å². The smallest absolute Gasteiger partial charge is 0.267 e. The maximum Gasteiger partial charge on any atom is 0.267 e. The molecule has 178 valence electrons. The first kappa shape index (κ1) is 24.0. The zero-order valence-corrected chi connectivity index (χ0v) is 22.3. The number of carbonyl (C=O) groups excluding carboxylic acids is 1. The van der Waals surface area contributed by atoms with Gasteiger partial charge in [-0.3, -0.25) is 14.2 Å². The number of benzene rings is 2. The van der Waals surface area contributed by atoms with Crippen LogP contribution in [-0.4, -0.2) is 27.4 Å². The Morgan fingerprint density at radius 1 is 1.20 bits per heavy atom. The molecule has 0 fully saturated rings. The Labute approximate surface area is 219 Å². The number of fused-ring (bicyclic) bond motifs is 3. The van der Waals surface area contributed by atoms with Crippen LogP contribution in [0.25, 0.3) is 15.9 Å². The summed E-state index contributed by atoms with van der Waals surface area (Å²) in [5.41, 5.74) is 6.38. The van der Waals surface area contributed by atoms with Crippen LogP contribution in [0.2, 0.25) is 0 Å². The molecule has 2 heterocycles. The highest BCUT2D eigenvalue weighted by Gasteiger charge is 2.23. The van der Waals surface area contributed by atoms with E-state index in [4.69, 9.17) is 4.98 Å². The zero-order chi connectivity index (χ0) is 24.4. The number of nitrogens with one attached hydrogen (secondary N) is 1. The average molecular weight is 568 g/mol. The molecule has 1 aliphatic carbocycles. The molecule has 1 aliphatic rings. The quantitative estimate of drug-likeness (QED) is 0.142. The fourth-order valence-electron chi connectivity index (χ4n) is 4.12. The van der Waals surface area contributed by atoms with Crippen molar-refractivity contribution in [3.05, 3.63) is 84.9 Å². The highest BCUT2D eigenvalue weighted by molar-refractivity contribution is 9.10. The van der Waals surface area contributed by atoms with E-state index in [-0.39, 0.29) is 17.2 Å². The largest absolute Gasteiger partial charge is 0.272 e. The molecule has 2 aromatic carbocycles. The fourth-order valence-corrected chi connectivity index (χ4v) is 6.62. The lowest BCUT2D eigenvalue weighted by Crippen LogP contribution is -2.24. The van der Waals surface area contributed by atoms with Crippen molar-refractivity contribution in [3.63, 3.8) is 0 Å². The number of hydrogen-bond acceptors (Lipinski definition) is 6. The van der Waals surface area contributed by atoms with Gasteiger partial charge in [-0.1, -0.05) is 63.6 Å². The number of rotatable bonds is 6. The lowest BCUT2D eigenvalue weighted by molar-refractivity contribution is -0.118. The van der Waals surface area contributed by atoms with Gasteiger partial charge in [0.05, 0.1) is 23.0 Å². The van der Waals surface area contributed by atoms with Gasteiger partial charge in [0, 0.05) is 14.9 Å². The molecule has 1 amide bonds. The third-order valence-electron chi connectivity index (χ3n) is 5.88. The number of halogens is 1. The number of nitrogens with zero attached hydrogens (tertiary/aromatic N) is 3. The fraction of sp³-hybridized carbons (Fsp3) is 0.231. The molecule has 0 aliphatic heterocycles. The SMILES string of the molecule is Cc1ccc(-n2c(SCC(=O)N/N=C/c3ccccc3Br)nc3sc4c(c3c2=O)CCCC4)cc1. The molecule has 5 rings (SSSR count). The highest BCUT2D eigenvalue weighted by Crippen LogP contribution is 2.35. The molecule has 4 aromatic rings. The lowest BCUT2D eigenvalue weighted by atomic mass is 9.97. The van der Waals surface area contributed by atoms with E-state index in [1.54, 1.807) is 22.1 Å². The summed E-state index contributed by atoms with van der Waals surface area (Å²) in [4.78, 5) is 33.2. The molecule has 6 nitrogen and oxygen atoms in total. The van der Waals surface area contributed by atoms with Gasteiger partial charge in [0.1, 0.15) is 4.83 Å². The number of amides is 1. The number of hydrazone groups is 1. The van der Waals surface area contributed by atoms with Crippen LogP contribution in [-0.2, 0) is 17.6 Å². The van der Waals surface area contributed by atoms with Crippen LogP contribution in [0.5, 0.6) is 0 Å². The summed E-state index contributed by atoms with van der Waals surface area (Å²) in [7, 11) is 0. The van der Waals surface area contributed by atoms with Crippen LogP contribution in [0.15, 0.2) is 68.1 Å². The summed E-state index contributed by atoms with van der Waals surface area (Å²) in [6.07, 6.45) is 5.76. The molecule has 0 bridgehead atoms. The first-order chi connectivity index (χ1) is 17.0. The Balaban J connectivity index is 1.44. The van der Waals surface area contributed by atoms with Crippen molar-refractivity contribution in [1.29, 1.82) is 0 Å². The number of aromatic nitrogens is 2. The molecule has 2 aromatic heterocycles. The van der Waals surface area contributed by atoms with Gasteiger partial charge in [-0.25, -0.2) is 10.4 Å². The first-order valence-corrected chi connectivity index (χ1v) is 13.9. The van der Waals surface area contributed by atoms with Crippen LogP contribution in [0.3, 0.4) is 0 Å². The van der Waals surface area contributed by atoms with Gasteiger partial charge in [0.15, 0.2) is 5.16 Å². The van der Waals surface area contributed by atoms with Crippen LogP contribution >= 0.6 is 39.0 Å². The summed E-state index contributed by atoms with van der Waals surface area (Å²) >= 11 is 6.32. The normalized spacial score (nSPS) is 13.3. The van der Waals surface area contributed by atoms with E-state index >= 15 is 0 Å². The third-order valence-corrected chi connectivity index (χ3v) is 8.73. The summed E-state index contributed by atoms with van der Waals surface area (Å²) in [5.74, 6) is -0.184. The Kier molecular flexibility index (Phi) is 7.17. The minimum absolute atomic E-state index is 0.0619. The Morgan fingerprint density at radius 2 is 1.97 bits per heavy atom. The van der Waals surface area contributed by atoms with Gasteiger partial charge in [-0.2, -0.15) is 5.10 Å². The Bertz CT molecular complexity index is 1490. The number of carbonyl (C=O) groups is 1. The van der Waals surface area contributed by atoms with Crippen molar-refractivity contribution in [2.75, 3.05) is 5.75 Å². The molecule has 0 unspecified atom stereocenters. The molecule has 0 saturated carbocycles. The van der Waals surface area contributed by atoms with E-state index in [0.29, 0.717) is 5.16 Å². The maximum absolute atomic E-state index is 13.8. The van der Waals surface area contributed by atoms with Gasteiger partial charge in [-0.15, -0.1) is 11.3 Å². The summed E-state index contributed by atoms with van der Waals surface area (Å²) in [5, 5.41) is 5.30. The molecule has 0 spiro atoms. The van der Waals surface area contributed by atoms with Gasteiger partial charge >= 0.3 is 0 Å². The van der Waals surface area contributed by atoms with Gasteiger partial charge in [0.25, 0.3) is 11.5 Å². The third kappa shape index (κ3) is 5.12. The molecule has 0 atom stereocenters. The molecular weight excluding hydrogens is 544 g/mol. The van der Waals surface area contributed by atoms with Crippen molar-refractivity contribution in [3.8, 4) is 5.69 Å². The van der Waals surface area contributed by atoms with Crippen LogP contribution in [0.4, 0.5) is 0 Å². The zero-order valence-electron chi connectivity index (χ0n) is 19.1. The van der Waals surface area contributed by atoms with Crippen molar-refractivity contribution in [2.45, 2.75) is 37.8 Å². The minimum Gasteiger partial charge on any atom is -0.272 e. The van der Waals surface area contributed by atoms with Crippen molar-refractivity contribution in [1.82, 2.24) is 15.0 Å². The van der Waals surface area contributed by atoms with E-state index in [2.05, 4.69) is 26.5 Å². The van der Waals surface area contributed by atoms with Crippen LogP contribution in [0, 0.1) is 6.92 Å². The van der Waals surface area contributed by atoms with E-state index in [1.807, 2.05) is 55.5 Å². The second-order valence-corrected chi connectivity index (χ2v) is 11.2. The predicted octanol–water partition coefficient (Wildman–Crippen LogP) is 5.64. The number of aryl methyl sites for hydroxylation is 3. The Morgan fingerprint density at radius 3 is 2.77 bits per heavy atom. The second-order valence-electron chi connectivity index (χ2n) is 8.36. The maximum atomic E-state index is 13.8. The highest BCUT2D eigenvalue weighted by atomic mass is 79.9. The second kappa shape index (κ2) is 10.5. The predicted molar refractivity (Wildman–Crippen MR) is 147 cm³/mol. The monoisotopic (exact) mass is 566 g/mol. The summed E-state index contributed by atoms with van der Waals surface area (Å²) < 4.78 is 2.54.